The zero-order valence-corrected chi connectivity index (χ0v) is 18.4. The van der Waals surface area contributed by atoms with Crippen molar-refractivity contribution in [1.82, 2.24) is 10.2 Å². The Bertz CT molecular complexity index is 1200. The van der Waals surface area contributed by atoms with Gasteiger partial charge in [0.25, 0.3) is 5.91 Å². The minimum atomic E-state index is -1.04. The quantitative estimate of drug-likeness (QED) is 0.555. The third-order valence-electron chi connectivity index (χ3n) is 5.76. The van der Waals surface area contributed by atoms with Gasteiger partial charge in [-0.15, -0.1) is 0 Å². The third kappa shape index (κ3) is 4.74. The minimum Gasteiger partial charge on any atom is -0.478 e. The fourth-order valence-electron chi connectivity index (χ4n) is 4.09. The van der Waals surface area contributed by atoms with E-state index in [1.165, 1.54) is 6.07 Å². The predicted molar refractivity (Wildman–Crippen MR) is 128 cm³/mol. The Kier molecular flexibility index (Phi) is 6.44. The molecule has 0 bridgehead atoms. The number of fused-ring (bicyclic) bond motifs is 1. The van der Waals surface area contributed by atoms with E-state index >= 15 is 0 Å². The molecule has 3 amide bonds. The van der Waals surface area contributed by atoms with Gasteiger partial charge in [-0.05, 0) is 42.0 Å². The van der Waals surface area contributed by atoms with Crippen molar-refractivity contribution in [1.29, 1.82) is 0 Å². The summed E-state index contributed by atoms with van der Waals surface area (Å²) in [6.07, 6.45) is 0. The molecule has 1 aliphatic heterocycles. The van der Waals surface area contributed by atoms with Gasteiger partial charge in [0.1, 0.15) is 0 Å². The average Bonchev–Trinajstić information content (AvgIpc) is 2.83. The van der Waals surface area contributed by atoms with Crippen molar-refractivity contribution in [3.05, 3.63) is 71.8 Å². The Morgan fingerprint density at radius 1 is 0.939 bits per heavy atom. The second-order valence-electron chi connectivity index (χ2n) is 7.83. The molecule has 0 radical (unpaired) electrons. The monoisotopic (exact) mass is 446 g/mol. The van der Waals surface area contributed by atoms with Crippen molar-refractivity contribution in [2.45, 2.75) is 6.92 Å². The van der Waals surface area contributed by atoms with E-state index in [4.69, 9.17) is 0 Å². The van der Waals surface area contributed by atoms with Crippen LogP contribution >= 0.6 is 0 Å². The molecule has 1 fully saturated rings. The molecule has 3 aromatic rings. The minimum absolute atomic E-state index is 0.0218. The largest absolute Gasteiger partial charge is 0.478 e. The molecule has 3 N–H and O–H groups in total. The zero-order chi connectivity index (χ0) is 23.4. The first-order valence-corrected chi connectivity index (χ1v) is 10.9. The molecule has 33 heavy (non-hydrogen) atoms. The first-order valence-electron chi connectivity index (χ1n) is 10.9. The number of carboxylic acids is 1. The van der Waals surface area contributed by atoms with Crippen LogP contribution < -0.4 is 15.5 Å². The van der Waals surface area contributed by atoms with E-state index in [2.05, 4.69) is 10.6 Å². The maximum atomic E-state index is 13.2. The van der Waals surface area contributed by atoms with Gasteiger partial charge in [0.05, 0.1) is 16.9 Å². The Hall–Kier alpha value is -4.07. The molecule has 8 nitrogen and oxygen atoms in total. The summed E-state index contributed by atoms with van der Waals surface area (Å²) in [5.41, 5.74) is 1.96. The number of nitrogens with zero attached hydrogens (tertiary/aromatic N) is 2. The van der Waals surface area contributed by atoms with Crippen molar-refractivity contribution in [2.24, 2.45) is 0 Å². The van der Waals surface area contributed by atoms with Crippen LogP contribution in [0, 0.1) is 0 Å². The lowest BCUT2D eigenvalue weighted by Crippen LogP contribution is -2.49. The Morgan fingerprint density at radius 3 is 2.39 bits per heavy atom. The summed E-state index contributed by atoms with van der Waals surface area (Å²) in [7, 11) is 0. The van der Waals surface area contributed by atoms with Crippen molar-refractivity contribution in [2.75, 3.05) is 42.9 Å². The van der Waals surface area contributed by atoms with Gasteiger partial charge in [0.15, 0.2) is 0 Å². The highest BCUT2D eigenvalue weighted by molar-refractivity contribution is 6.07. The van der Waals surface area contributed by atoms with Crippen LogP contribution in [0.5, 0.6) is 0 Å². The highest BCUT2D eigenvalue weighted by atomic mass is 16.4. The van der Waals surface area contributed by atoms with Gasteiger partial charge >= 0.3 is 12.0 Å². The van der Waals surface area contributed by atoms with Gasteiger partial charge in [0, 0.05) is 38.3 Å². The number of benzene rings is 3. The second kappa shape index (κ2) is 9.60. The number of carbonyl (C=O) groups is 3. The highest BCUT2D eigenvalue weighted by Gasteiger charge is 2.25. The number of hydrogen-bond donors (Lipinski definition) is 3. The van der Waals surface area contributed by atoms with E-state index in [-0.39, 0.29) is 17.5 Å². The van der Waals surface area contributed by atoms with Gasteiger partial charge in [-0.25, -0.2) is 9.59 Å². The van der Waals surface area contributed by atoms with Gasteiger partial charge in [-0.1, -0.05) is 36.4 Å². The molecule has 8 heteroatoms. The number of anilines is 2. The fraction of sp³-hybridized carbons (Fsp3) is 0.240. The Balaban J connectivity index is 1.53. The van der Waals surface area contributed by atoms with Crippen molar-refractivity contribution in [3.63, 3.8) is 0 Å². The molecule has 0 aliphatic carbocycles. The van der Waals surface area contributed by atoms with Gasteiger partial charge in [-0.2, -0.15) is 0 Å². The summed E-state index contributed by atoms with van der Waals surface area (Å²) < 4.78 is 0. The summed E-state index contributed by atoms with van der Waals surface area (Å²) in [5.74, 6) is -1.06. The number of urea groups is 1. The number of nitrogens with one attached hydrogen (secondary N) is 2. The molecule has 1 saturated heterocycles. The number of amides is 3. The number of aromatic carboxylic acids is 1. The van der Waals surface area contributed by atoms with Crippen LogP contribution in [0.1, 0.15) is 27.6 Å². The lowest BCUT2D eigenvalue weighted by atomic mass is 10.0. The van der Waals surface area contributed by atoms with E-state index in [0.29, 0.717) is 49.7 Å². The molecule has 1 aliphatic rings. The van der Waals surface area contributed by atoms with Gasteiger partial charge in [0.2, 0.25) is 0 Å². The number of carbonyl (C=O) groups excluding carboxylic acids is 2. The smallest absolute Gasteiger partial charge is 0.335 e. The number of hydrogen-bond acceptors (Lipinski definition) is 4. The lowest BCUT2D eigenvalue weighted by molar-refractivity contribution is 0.0696. The first-order chi connectivity index (χ1) is 16.0. The molecule has 4 rings (SSSR count). The second-order valence-corrected chi connectivity index (χ2v) is 7.83. The van der Waals surface area contributed by atoms with Crippen LogP contribution in [0.4, 0.5) is 16.2 Å². The number of rotatable bonds is 5. The third-order valence-corrected chi connectivity index (χ3v) is 5.76. The molecule has 170 valence electrons. The molecule has 0 atom stereocenters. The lowest BCUT2D eigenvalue weighted by Gasteiger charge is -2.37. The molecule has 1 heterocycles. The van der Waals surface area contributed by atoms with E-state index in [1.807, 2.05) is 59.2 Å². The Morgan fingerprint density at radius 2 is 1.67 bits per heavy atom. The summed E-state index contributed by atoms with van der Waals surface area (Å²) in [6, 6.07) is 17.8. The van der Waals surface area contributed by atoms with Gasteiger partial charge in [-0.3, -0.25) is 4.79 Å². The number of piperazine rings is 1. The Labute approximate surface area is 191 Å². The van der Waals surface area contributed by atoms with Crippen LogP contribution in [0.25, 0.3) is 10.8 Å². The van der Waals surface area contributed by atoms with Crippen LogP contribution in [-0.2, 0) is 0 Å². The number of carboxylic acid groups (broad SMARTS) is 1. The van der Waals surface area contributed by atoms with Crippen LogP contribution in [-0.4, -0.2) is 60.6 Å². The molecule has 0 saturated carbocycles. The summed E-state index contributed by atoms with van der Waals surface area (Å²) >= 11 is 0. The molecule has 0 unspecified atom stereocenters. The molecular formula is C25H26N4O4. The van der Waals surface area contributed by atoms with Crippen LogP contribution in [0.2, 0.25) is 0 Å². The SMILES string of the molecule is CCNC(=O)Nc1ccc(C(=O)O)cc1N1CCN(C(=O)c2cccc3ccccc23)CC1. The van der Waals surface area contributed by atoms with Crippen molar-refractivity contribution >= 4 is 40.1 Å². The molecule has 0 spiro atoms. The average molecular weight is 447 g/mol. The van der Waals surface area contributed by atoms with Crippen molar-refractivity contribution < 1.29 is 19.5 Å². The summed E-state index contributed by atoms with van der Waals surface area (Å²) in [5, 5.41) is 16.8. The van der Waals surface area contributed by atoms with Crippen molar-refractivity contribution in [3.8, 4) is 0 Å². The topological polar surface area (TPSA) is 102 Å². The standard InChI is InChI=1S/C25H26N4O4/c1-2-26-25(33)27-21-11-10-18(24(31)32)16-22(21)28-12-14-29(15-13-28)23(30)20-9-5-7-17-6-3-4-8-19(17)20/h3-11,16H,2,12-15H2,1H3,(H,31,32)(H2,26,27,33). The fourth-order valence-corrected chi connectivity index (χ4v) is 4.09. The molecule has 0 aromatic heterocycles. The van der Waals surface area contributed by atoms with Crippen LogP contribution in [0.3, 0.4) is 0 Å². The van der Waals surface area contributed by atoms with E-state index < -0.39 is 5.97 Å². The highest BCUT2D eigenvalue weighted by Crippen LogP contribution is 2.29. The molecule has 3 aromatic carbocycles. The first kappa shape index (κ1) is 22.1. The van der Waals surface area contributed by atoms with E-state index in [1.54, 1.807) is 12.1 Å². The van der Waals surface area contributed by atoms with Crippen LogP contribution in [0.15, 0.2) is 60.7 Å². The predicted octanol–water partition coefficient (Wildman–Crippen LogP) is 3.64. The summed E-state index contributed by atoms with van der Waals surface area (Å²) in [6.45, 7) is 4.30. The zero-order valence-electron chi connectivity index (χ0n) is 18.4. The normalized spacial score (nSPS) is 13.6. The molecular weight excluding hydrogens is 420 g/mol. The van der Waals surface area contributed by atoms with E-state index in [9.17, 15) is 19.5 Å². The van der Waals surface area contributed by atoms with Gasteiger partial charge < -0.3 is 25.5 Å². The van der Waals surface area contributed by atoms with E-state index in [0.717, 1.165) is 10.8 Å². The maximum absolute atomic E-state index is 13.2. The maximum Gasteiger partial charge on any atom is 0.335 e. The summed E-state index contributed by atoms with van der Waals surface area (Å²) in [4.78, 5) is 40.6.